The van der Waals surface area contributed by atoms with Gasteiger partial charge < -0.3 is 9.84 Å². The molecule has 202 valence electrons. The number of amides is 2. The van der Waals surface area contributed by atoms with Crippen molar-refractivity contribution in [1.29, 1.82) is 0 Å². The normalized spacial score (nSPS) is 16.2. The van der Waals surface area contributed by atoms with E-state index in [0.29, 0.717) is 46.0 Å². The molecule has 2 amide bonds. The molecule has 40 heavy (non-hydrogen) atoms. The predicted octanol–water partition coefficient (Wildman–Crippen LogP) is 4.80. The minimum atomic E-state index is -0.934. The van der Waals surface area contributed by atoms with Crippen molar-refractivity contribution >= 4 is 29.0 Å². The van der Waals surface area contributed by atoms with Gasteiger partial charge in [-0.05, 0) is 56.5 Å². The molecule has 4 heterocycles. The molecule has 0 bridgehead atoms. The fraction of sp³-hybridized carbons (Fsp3) is 0.250. The number of nitrogens with one attached hydrogen (secondary N) is 2. The summed E-state index contributed by atoms with van der Waals surface area (Å²) in [4.78, 5) is 38.0. The lowest BCUT2D eigenvalue weighted by molar-refractivity contribution is -0.114. The highest BCUT2D eigenvalue weighted by Crippen LogP contribution is 2.43. The molecule has 0 radical (unpaired) electrons. The maximum absolute atomic E-state index is 13.4. The van der Waals surface area contributed by atoms with Crippen LogP contribution in [0.5, 0.6) is 0 Å². The van der Waals surface area contributed by atoms with Crippen molar-refractivity contribution in [1.82, 2.24) is 29.7 Å². The number of hydrogen-bond donors (Lipinski definition) is 2. The third-order valence-electron chi connectivity index (χ3n) is 6.83. The maximum atomic E-state index is 13.4. The van der Waals surface area contributed by atoms with Gasteiger partial charge in [-0.25, -0.2) is 18.9 Å². The van der Waals surface area contributed by atoms with Gasteiger partial charge in [0.05, 0.1) is 34.6 Å². The standard InChI is InChI=1S/C28H25FN8O3/c1-13-5-6-18(25-35-27(40-36-25)19-11-21(19)29)9-22(13)34-26(39)20-12-30-37-8-7-17(10-23(20)37)24-14(2)31-28(32-15(24)3)33-16(4)38/h5-10,12,19,21H,11H2,1-4H3,(H,34,39)(H,31,32,33,38)/t19-,21-/m0/s1. The molecule has 0 spiro atoms. The summed E-state index contributed by atoms with van der Waals surface area (Å²) >= 11 is 0. The second-order valence-corrected chi connectivity index (χ2v) is 9.88. The van der Waals surface area contributed by atoms with Gasteiger partial charge in [0.1, 0.15) is 6.17 Å². The van der Waals surface area contributed by atoms with Gasteiger partial charge in [-0.15, -0.1) is 0 Å². The number of anilines is 2. The van der Waals surface area contributed by atoms with Gasteiger partial charge in [-0.1, -0.05) is 17.3 Å². The molecule has 4 aromatic heterocycles. The van der Waals surface area contributed by atoms with E-state index in [4.69, 9.17) is 4.52 Å². The molecule has 0 aliphatic heterocycles. The Morgan fingerprint density at radius 1 is 1.02 bits per heavy atom. The first-order chi connectivity index (χ1) is 19.2. The Labute approximate surface area is 227 Å². The van der Waals surface area contributed by atoms with Gasteiger partial charge in [-0.2, -0.15) is 10.1 Å². The van der Waals surface area contributed by atoms with Crippen LogP contribution in [0.4, 0.5) is 16.0 Å². The fourth-order valence-electron chi connectivity index (χ4n) is 4.67. The van der Waals surface area contributed by atoms with Crippen LogP contribution in [0.2, 0.25) is 0 Å². The number of benzene rings is 1. The summed E-state index contributed by atoms with van der Waals surface area (Å²) in [5.74, 6) is -0.0607. The molecule has 2 N–H and O–H groups in total. The molecule has 12 heteroatoms. The summed E-state index contributed by atoms with van der Waals surface area (Å²) in [6, 6.07) is 9.17. The molecular weight excluding hydrogens is 515 g/mol. The summed E-state index contributed by atoms with van der Waals surface area (Å²) in [6.45, 7) is 6.96. The van der Waals surface area contributed by atoms with Crippen LogP contribution in [-0.2, 0) is 4.79 Å². The van der Waals surface area contributed by atoms with E-state index in [2.05, 4.69) is 35.8 Å². The molecule has 0 saturated heterocycles. The topological polar surface area (TPSA) is 140 Å². The summed E-state index contributed by atoms with van der Waals surface area (Å²) in [5, 5.41) is 13.9. The van der Waals surface area contributed by atoms with E-state index >= 15 is 0 Å². The van der Waals surface area contributed by atoms with Crippen molar-refractivity contribution < 1.29 is 18.5 Å². The van der Waals surface area contributed by atoms with E-state index in [1.54, 1.807) is 16.8 Å². The molecule has 5 aromatic rings. The van der Waals surface area contributed by atoms with E-state index in [9.17, 15) is 14.0 Å². The summed E-state index contributed by atoms with van der Waals surface area (Å²) in [7, 11) is 0. The van der Waals surface area contributed by atoms with E-state index < -0.39 is 6.17 Å². The Kier molecular flexibility index (Phi) is 6.09. The molecule has 6 rings (SSSR count). The number of pyridine rings is 1. The minimum absolute atomic E-state index is 0.241. The zero-order chi connectivity index (χ0) is 28.1. The molecule has 1 aliphatic carbocycles. The lowest BCUT2D eigenvalue weighted by Gasteiger charge is -2.12. The van der Waals surface area contributed by atoms with Gasteiger partial charge in [0.2, 0.25) is 23.6 Å². The largest absolute Gasteiger partial charge is 0.339 e. The predicted molar refractivity (Wildman–Crippen MR) is 145 cm³/mol. The first-order valence-corrected chi connectivity index (χ1v) is 12.7. The van der Waals surface area contributed by atoms with Gasteiger partial charge in [0.15, 0.2) is 0 Å². The van der Waals surface area contributed by atoms with Crippen molar-refractivity contribution in [3.05, 3.63) is 71.1 Å². The smallest absolute Gasteiger partial charge is 0.259 e. The van der Waals surface area contributed by atoms with Crippen molar-refractivity contribution in [3.63, 3.8) is 0 Å². The quantitative estimate of drug-likeness (QED) is 0.313. The summed E-state index contributed by atoms with van der Waals surface area (Å²) in [6.07, 6.45) is 2.74. The van der Waals surface area contributed by atoms with Crippen LogP contribution < -0.4 is 10.6 Å². The van der Waals surface area contributed by atoms with E-state index in [0.717, 1.165) is 16.7 Å². The van der Waals surface area contributed by atoms with Crippen LogP contribution in [0.15, 0.2) is 47.2 Å². The third kappa shape index (κ3) is 4.68. The van der Waals surface area contributed by atoms with Crippen LogP contribution in [0.25, 0.3) is 28.0 Å². The van der Waals surface area contributed by atoms with Gasteiger partial charge in [-0.3, -0.25) is 14.9 Å². The number of aryl methyl sites for hydroxylation is 3. The van der Waals surface area contributed by atoms with Crippen LogP contribution in [0.3, 0.4) is 0 Å². The Balaban J connectivity index is 1.29. The average molecular weight is 541 g/mol. The summed E-state index contributed by atoms with van der Waals surface area (Å²) < 4.78 is 20.2. The lowest BCUT2D eigenvalue weighted by atomic mass is 10.0. The lowest BCUT2D eigenvalue weighted by Crippen LogP contribution is -2.13. The van der Waals surface area contributed by atoms with Crippen molar-refractivity contribution in [3.8, 4) is 22.5 Å². The highest BCUT2D eigenvalue weighted by Gasteiger charge is 2.43. The van der Waals surface area contributed by atoms with Gasteiger partial charge in [0, 0.05) is 29.9 Å². The third-order valence-corrected chi connectivity index (χ3v) is 6.83. The van der Waals surface area contributed by atoms with Crippen molar-refractivity contribution in [2.45, 2.75) is 46.2 Å². The molecule has 0 unspecified atom stereocenters. The molecule has 1 aliphatic rings. The zero-order valence-corrected chi connectivity index (χ0v) is 22.2. The van der Waals surface area contributed by atoms with E-state index in [1.165, 1.54) is 13.1 Å². The Hall–Kier alpha value is -5.00. The second kappa shape index (κ2) is 9.63. The highest BCUT2D eigenvalue weighted by molar-refractivity contribution is 6.09. The molecule has 1 saturated carbocycles. The van der Waals surface area contributed by atoms with E-state index in [-0.39, 0.29) is 29.6 Å². The highest BCUT2D eigenvalue weighted by atomic mass is 19.1. The van der Waals surface area contributed by atoms with Crippen molar-refractivity contribution in [2.75, 3.05) is 10.6 Å². The van der Waals surface area contributed by atoms with Crippen molar-refractivity contribution in [2.24, 2.45) is 0 Å². The first kappa shape index (κ1) is 25.3. The van der Waals surface area contributed by atoms with Crippen LogP contribution in [0, 0.1) is 20.8 Å². The fourth-order valence-corrected chi connectivity index (χ4v) is 4.67. The average Bonchev–Trinajstić information content (AvgIpc) is 3.27. The molecular formula is C28H25FN8O3. The maximum Gasteiger partial charge on any atom is 0.259 e. The number of carbonyl (C=O) groups excluding carboxylic acids is 2. The molecule has 1 aromatic carbocycles. The number of rotatable bonds is 6. The van der Waals surface area contributed by atoms with E-state index in [1.807, 2.05) is 45.0 Å². The Morgan fingerprint density at radius 3 is 2.48 bits per heavy atom. The Bertz CT molecular complexity index is 1790. The number of aromatic nitrogens is 6. The van der Waals surface area contributed by atoms with Gasteiger partial charge in [0.25, 0.3) is 5.91 Å². The molecule has 11 nitrogen and oxygen atoms in total. The first-order valence-electron chi connectivity index (χ1n) is 12.7. The molecule has 2 atom stereocenters. The monoisotopic (exact) mass is 540 g/mol. The minimum Gasteiger partial charge on any atom is -0.339 e. The summed E-state index contributed by atoms with van der Waals surface area (Å²) in [5.41, 5.74) is 6.02. The number of alkyl halides is 1. The van der Waals surface area contributed by atoms with Gasteiger partial charge >= 0.3 is 0 Å². The number of carbonyl (C=O) groups is 2. The number of nitrogens with zero attached hydrogens (tertiary/aromatic N) is 6. The zero-order valence-electron chi connectivity index (χ0n) is 22.2. The SMILES string of the molecule is CC(=O)Nc1nc(C)c(-c2ccn3ncc(C(=O)Nc4cc(-c5noc([C@H]6C[C@@H]6F)n5)ccc4C)c3c2)c(C)n1. The van der Waals surface area contributed by atoms with Crippen LogP contribution in [0.1, 0.15) is 52.5 Å². The number of hydrogen-bond acceptors (Lipinski definition) is 8. The number of halogens is 1. The van der Waals surface area contributed by atoms with Crippen LogP contribution in [-0.4, -0.2) is 47.7 Å². The second-order valence-electron chi connectivity index (χ2n) is 9.88. The Morgan fingerprint density at radius 2 is 1.77 bits per heavy atom. The molecule has 1 fully saturated rings. The van der Waals surface area contributed by atoms with Crippen LogP contribution >= 0.6 is 0 Å². The number of fused-ring (bicyclic) bond motifs is 1.